The molecule has 2 aromatic carbocycles. The number of carbonyl (C=O) groups is 1. The highest BCUT2D eigenvalue weighted by molar-refractivity contribution is 6.33. The fourth-order valence-corrected chi connectivity index (χ4v) is 1.69. The van der Waals surface area contributed by atoms with Crippen LogP contribution in [-0.2, 0) is 0 Å². The van der Waals surface area contributed by atoms with Crippen molar-refractivity contribution >= 4 is 17.4 Å². The first-order valence-electron chi connectivity index (χ1n) is 5.68. The lowest BCUT2D eigenvalue weighted by Crippen LogP contribution is -2.10. The number of ketones is 1. The molecular weight excluding hydrogens is 248 g/mol. The summed E-state index contributed by atoms with van der Waals surface area (Å²) in [6.45, 7) is 1.66. The van der Waals surface area contributed by atoms with E-state index in [9.17, 15) is 4.79 Å². The topological polar surface area (TPSA) is 26.3 Å². The maximum absolute atomic E-state index is 11.8. The van der Waals surface area contributed by atoms with Gasteiger partial charge in [0.1, 0.15) is 11.5 Å². The van der Waals surface area contributed by atoms with Crippen molar-refractivity contribution in [3.05, 3.63) is 60.2 Å². The summed E-state index contributed by atoms with van der Waals surface area (Å²) in [4.78, 5) is 11.8. The molecule has 2 rings (SSSR count). The molecule has 18 heavy (non-hydrogen) atoms. The average Bonchev–Trinajstić information content (AvgIpc) is 2.39. The molecule has 0 saturated carbocycles. The van der Waals surface area contributed by atoms with Crippen LogP contribution < -0.4 is 4.74 Å². The lowest BCUT2D eigenvalue weighted by Gasteiger charge is -2.07. The molecule has 0 spiro atoms. The Labute approximate surface area is 111 Å². The fraction of sp³-hybridized carbons (Fsp3) is 0.133. The second-order valence-corrected chi connectivity index (χ2v) is 4.58. The molecule has 0 aliphatic rings. The lowest BCUT2D eigenvalue weighted by atomic mass is 10.1. The number of ether oxygens (including phenoxy) is 1. The van der Waals surface area contributed by atoms with E-state index in [4.69, 9.17) is 16.3 Å². The van der Waals surface area contributed by atoms with Gasteiger partial charge in [0, 0.05) is 5.56 Å². The van der Waals surface area contributed by atoms with Gasteiger partial charge in [0.15, 0.2) is 5.78 Å². The zero-order valence-corrected chi connectivity index (χ0v) is 10.7. The van der Waals surface area contributed by atoms with E-state index < -0.39 is 5.38 Å². The highest BCUT2D eigenvalue weighted by atomic mass is 35.5. The minimum Gasteiger partial charge on any atom is -0.457 e. The van der Waals surface area contributed by atoms with Crippen molar-refractivity contribution in [2.45, 2.75) is 12.3 Å². The van der Waals surface area contributed by atoms with E-state index in [1.165, 1.54) is 0 Å². The normalized spacial score (nSPS) is 11.9. The standard InChI is InChI=1S/C15H13ClO2/c1-11(16)15(17)12-6-5-9-14(10-12)18-13-7-3-2-4-8-13/h2-11H,1H3. The number of benzene rings is 2. The van der Waals surface area contributed by atoms with Crippen LogP contribution >= 0.6 is 11.6 Å². The largest absolute Gasteiger partial charge is 0.457 e. The zero-order chi connectivity index (χ0) is 13.0. The SMILES string of the molecule is CC(Cl)C(=O)c1cccc(Oc2ccccc2)c1. The van der Waals surface area contributed by atoms with Crippen molar-refractivity contribution in [1.29, 1.82) is 0 Å². The minimum atomic E-state index is -0.531. The Hall–Kier alpha value is -1.80. The smallest absolute Gasteiger partial charge is 0.180 e. The number of hydrogen-bond donors (Lipinski definition) is 0. The number of alkyl halides is 1. The van der Waals surface area contributed by atoms with Crippen LogP contribution in [-0.4, -0.2) is 11.2 Å². The molecule has 0 heterocycles. The second kappa shape index (κ2) is 5.69. The van der Waals surface area contributed by atoms with Crippen molar-refractivity contribution in [3.63, 3.8) is 0 Å². The van der Waals surface area contributed by atoms with Gasteiger partial charge in [-0.3, -0.25) is 4.79 Å². The number of para-hydroxylation sites is 1. The van der Waals surface area contributed by atoms with Crippen LogP contribution in [0.3, 0.4) is 0 Å². The van der Waals surface area contributed by atoms with E-state index in [1.807, 2.05) is 36.4 Å². The third-order valence-electron chi connectivity index (χ3n) is 2.46. The van der Waals surface area contributed by atoms with Crippen LogP contribution in [0.5, 0.6) is 11.5 Å². The predicted molar refractivity (Wildman–Crippen MR) is 72.6 cm³/mol. The molecule has 92 valence electrons. The number of halogens is 1. The molecule has 0 saturated heterocycles. The summed E-state index contributed by atoms with van der Waals surface area (Å²) < 4.78 is 5.65. The Bertz CT molecular complexity index is 535. The summed E-state index contributed by atoms with van der Waals surface area (Å²) in [6, 6.07) is 16.5. The Morgan fingerprint density at radius 3 is 2.39 bits per heavy atom. The summed E-state index contributed by atoms with van der Waals surface area (Å²) in [5.74, 6) is 1.26. The van der Waals surface area contributed by atoms with E-state index in [1.54, 1.807) is 25.1 Å². The summed E-state index contributed by atoms with van der Waals surface area (Å²) in [7, 11) is 0. The van der Waals surface area contributed by atoms with E-state index in [0.29, 0.717) is 11.3 Å². The molecule has 0 aliphatic carbocycles. The summed E-state index contributed by atoms with van der Waals surface area (Å²) in [6.07, 6.45) is 0. The molecule has 2 nitrogen and oxygen atoms in total. The summed E-state index contributed by atoms with van der Waals surface area (Å²) in [5.41, 5.74) is 0.561. The third kappa shape index (κ3) is 3.11. The van der Waals surface area contributed by atoms with E-state index in [-0.39, 0.29) is 5.78 Å². The van der Waals surface area contributed by atoms with Gasteiger partial charge in [0.25, 0.3) is 0 Å². The number of carbonyl (C=O) groups excluding carboxylic acids is 1. The highest BCUT2D eigenvalue weighted by Crippen LogP contribution is 2.22. The second-order valence-electron chi connectivity index (χ2n) is 3.92. The minimum absolute atomic E-state index is 0.102. The van der Waals surface area contributed by atoms with Crippen molar-refractivity contribution in [3.8, 4) is 11.5 Å². The molecule has 0 N–H and O–H groups in total. The maximum atomic E-state index is 11.8. The van der Waals surface area contributed by atoms with E-state index in [2.05, 4.69) is 0 Å². The number of hydrogen-bond acceptors (Lipinski definition) is 2. The molecule has 1 unspecified atom stereocenters. The van der Waals surface area contributed by atoms with Gasteiger partial charge < -0.3 is 4.74 Å². The van der Waals surface area contributed by atoms with Crippen LogP contribution in [0.4, 0.5) is 0 Å². The van der Waals surface area contributed by atoms with Gasteiger partial charge in [-0.25, -0.2) is 0 Å². The van der Waals surface area contributed by atoms with Crippen LogP contribution in [0, 0.1) is 0 Å². The quantitative estimate of drug-likeness (QED) is 0.606. The van der Waals surface area contributed by atoms with Crippen LogP contribution in [0.2, 0.25) is 0 Å². The monoisotopic (exact) mass is 260 g/mol. The summed E-state index contributed by atoms with van der Waals surface area (Å²) >= 11 is 5.78. The number of Topliss-reactive ketones (excluding diaryl/α,β-unsaturated/α-hetero) is 1. The van der Waals surface area contributed by atoms with Crippen molar-refractivity contribution in [2.24, 2.45) is 0 Å². The average molecular weight is 261 g/mol. The van der Waals surface area contributed by atoms with Crippen molar-refractivity contribution in [1.82, 2.24) is 0 Å². The van der Waals surface area contributed by atoms with Gasteiger partial charge in [-0.2, -0.15) is 0 Å². The van der Waals surface area contributed by atoms with E-state index in [0.717, 1.165) is 5.75 Å². The van der Waals surface area contributed by atoms with Gasteiger partial charge in [0.05, 0.1) is 5.38 Å². The van der Waals surface area contributed by atoms with Gasteiger partial charge in [-0.15, -0.1) is 11.6 Å². The number of rotatable bonds is 4. The molecular formula is C15H13ClO2. The Morgan fingerprint density at radius 2 is 1.72 bits per heavy atom. The Morgan fingerprint density at radius 1 is 1.06 bits per heavy atom. The highest BCUT2D eigenvalue weighted by Gasteiger charge is 2.12. The summed E-state index contributed by atoms with van der Waals surface area (Å²) in [5, 5.41) is -0.531. The van der Waals surface area contributed by atoms with Gasteiger partial charge in [-0.05, 0) is 31.2 Å². The van der Waals surface area contributed by atoms with Gasteiger partial charge in [0.2, 0.25) is 0 Å². The third-order valence-corrected chi connectivity index (χ3v) is 2.66. The lowest BCUT2D eigenvalue weighted by molar-refractivity contribution is 0.0991. The molecule has 0 bridgehead atoms. The molecule has 0 amide bonds. The first-order chi connectivity index (χ1) is 8.66. The molecule has 0 aromatic heterocycles. The van der Waals surface area contributed by atoms with Crippen molar-refractivity contribution in [2.75, 3.05) is 0 Å². The molecule has 1 atom stereocenters. The van der Waals surface area contributed by atoms with E-state index >= 15 is 0 Å². The maximum Gasteiger partial charge on any atom is 0.180 e. The first-order valence-corrected chi connectivity index (χ1v) is 6.12. The fourth-order valence-electron chi connectivity index (χ4n) is 1.57. The molecule has 3 heteroatoms. The van der Waals surface area contributed by atoms with Crippen LogP contribution in [0.15, 0.2) is 54.6 Å². The predicted octanol–water partition coefficient (Wildman–Crippen LogP) is 4.29. The Balaban J connectivity index is 2.20. The first kappa shape index (κ1) is 12.7. The molecule has 0 radical (unpaired) electrons. The van der Waals surface area contributed by atoms with Gasteiger partial charge >= 0.3 is 0 Å². The molecule has 2 aromatic rings. The molecule has 0 aliphatic heterocycles. The Kier molecular flexibility index (Phi) is 4.00. The van der Waals surface area contributed by atoms with Crippen LogP contribution in [0.1, 0.15) is 17.3 Å². The van der Waals surface area contributed by atoms with Gasteiger partial charge in [-0.1, -0.05) is 30.3 Å². The van der Waals surface area contributed by atoms with Crippen LogP contribution in [0.25, 0.3) is 0 Å². The van der Waals surface area contributed by atoms with Crippen molar-refractivity contribution < 1.29 is 9.53 Å². The zero-order valence-electron chi connectivity index (χ0n) is 9.97. The molecule has 0 fully saturated rings.